The minimum Gasteiger partial charge on any atom is -0.387 e. The Balaban J connectivity index is 1.95. The first-order valence-electron chi connectivity index (χ1n) is 8.42. The van der Waals surface area contributed by atoms with Crippen LogP contribution in [0.2, 0.25) is 0 Å². The van der Waals surface area contributed by atoms with Gasteiger partial charge in [0.15, 0.2) is 18.0 Å². The van der Waals surface area contributed by atoms with E-state index in [1.54, 1.807) is 0 Å². The quantitative estimate of drug-likeness (QED) is 0.507. The van der Waals surface area contributed by atoms with Gasteiger partial charge in [-0.25, -0.2) is 24.2 Å². The van der Waals surface area contributed by atoms with Crippen molar-refractivity contribution < 1.29 is 26.8 Å². The largest absolute Gasteiger partial charge is 0.387 e. The highest BCUT2D eigenvalue weighted by molar-refractivity contribution is 8.00. The second-order valence-electron chi connectivity index (χ2n) is 6.32. The summed E-state index contributed by atoms with van der Waals surface area (Å²) in [5.74, 6) is 0.185. The molecule has 0 spiro atoms. The zero-order chi connectivity index (χ0) is 20.6. The SMILES string of the molecule is CC[C@H](C)Sc1nn([C@@H]2O[C@H](COS(N)(=O)=O)[C@@H](O)[C@@H]2F)c2ncnc(N)c12. The predicted molar refractivity (Wildman–Crippen MR) is 99.2 cm³/mol. The van der Waals surface area contributed by atoms with Crippen molar-refractivity contribution in [2.45, 2.75) is 55.2 Å². The molecule has 0 bridgehead atoms. The number of nitrogen functional groups attached to an aromatic ring is 1. The molecule has 1 aliphatic heterocycles. The molecule has 2 aromatic heterocycles. The third-order valence-electron chi connectivity index (χ3n) is 4.31. The van der Waals surface area contributed by atoms with E-state index in [9.17, 15) is 17.9 Å². The van der Waals surface area contributed by atoms with E-state index < -0.39 is 41.5 Å². The van der Waals surface area contributed by atoms with E-state index in [1.807, 2.05) is 13.8 Å². The van der Waals surface area contributed by atoms with Gasteiger partial charge >= 0.3 is 10.3 Å². The van der Waals surface area contributed by atoms with Gasteiger partial charge in [0.1, 0.15) is 29.4 Å². The number of fused-ring (bicyclic) bond motifs is 1. The summed E-state index contributed by atoms with van der Waals surface area (Å²) < 4.78 is 47.7. The monoisotopic (exact) mass is 436 g/mol. The highest BCUT2D eigenvalue weighted by Gasteiger charge is 2.47. The van der Waals surface area contributed by atoms with E-state index in [1.165, 1.54) is 22.8 Å². The van der Waals surface area contributed by atoms with E-state index in [0.717, 1.165) is 6.42 Å². The van der Waals surface area contributed by atoms with Crippen molar-refractivity contribution in [3.05, 3.63) is 6.33 Å². The van der Waals surface area contributed by atoms with Crippen LogP contribution in [0.4, 0.5) is 10.2 Å². The molecular formula is C14H21FN6O5S2. The number of hydrogen-bond acceptors (Lipinski definition) is 10. The number of ether oxygens (including phenoxy) is 1. The molecule has 0 radical (unpaired) electrons. The molecule has 0 saturated carbocycles. The molecule has 0 amide bonds. The Morgan fingerprint density at radius 2 is 2.21 bits per heavy atom. The maximum atomic E-state index is 14.8. The zero-order valence-corrected chi connectivity index (χ0v) is 16.7. The molecule has 1 fully saturated rings. The third-order valence-corrected chi connectivity index (χ3v) is 6.01. The van der Waals surface area contributed by atoms with Crippen molar-refractivity contribution in [3.8, 4) is 0 Å². The summed E-state index contributed by atoms with van der Waals surface area (Å²) >= 11 is 1.43. The van der Waals surface area contributed by atoms with Crippen LogP contribution >= 0.6 is 11.8 Å². The van der Waals surface area contributed by atoms with Gasteiger partial charge in [-0.1, -0.05) is 13.8 Å². The fourth-order valence-corrected chi connectivity index (χ4v) is 4.02. The molecular weight excluding hydrogens is 415 g/mol. The number of nitrogens with two attached hydrogens (primary N) is 2. The number of aromatic nitrogens is 4. The maximum absolute atomic E-state index is 14.8. The lowest BCUT2D eigenvalue weighted by Crippen LogP contribution is -2.33. The van der Waals surface area contributed by atoms with Crippen LogP contribution in [0.5, 0.6) is 0 Å². The van der Waals surface area contributed by atoms with Crippen LogP contribution in [-0.2, 0) is 19.2 Å². The predicted octanol–water partition coefficient (Wildman–Crippen LogP) is 0.116. The number of hydrogen-bond donors (Lipinski definition) is 3. The first kappa shape index (κ1) is 21.1. The van der Waals surface area contributed by atoms with Gasteiger partial charge in [0, 0.05) is 5.25 Å². The first-order valence-corrected chi connectivity index (χ1v) is 10.8. The summed E-state index contributed by atoms with van der Waals surface area (Å²) in [6, 6.07) is 0. The fraction of sp³-hybridized carbons (Fsp3) is 0.643. The van der Waals surface area contributed by atoms with Gasteiger partial charge in [-0.2, -0.15) is 13.5 Å². The first-order chi connectivity index (χ1) is 13.1. The molecule has 1 saturated heterocycles. The van der Waals surface area contributed by atoms with Crippen LogP contribution in [0.15, 0.2) is 11.4 Å². The Bertz CT molecular complexity index is 957. The summed E-state index contributed by atoms with van der Waals surface area (Å²) in [5, 5.41) is 20.4. The molecule has 1 aliphatic rings. The lowest BCUT2D eigenvalue weighted by molar-refractivity contribution is -0.0456. The lowest BCUT2D eigenvalue weighted by Gasteiger charge is -2.14. The second-order valence-corrected chi connectivity index (χ2v) is 8.97. The molecule has 3 heterocycles. The summed E-state index contributed by atoms with van der Waals surface area (Å²) in [4.78, 5) is 8.09. The Morgan fingerprint density at radius 1 is 1.50 bits per heavy atom. The molecule has 156 valence electrons. The highest BCUT2D eigenvalue weighted by Crippen LogP contribution is 2.38. The van der Waals surface area contributed by atoms with E-state index in [2.05, 4.69) is 19.2 Å². The van der Waals surface area contributed by atoms with Crippen LogP contribution in [0.3, 0.4) is 0 Å². The van der Waals surface area contributed by atoms with Gasteiger partial charge in [-0.15, -0.1) is 11.8 Å². The number of rotatable bonds is 7. The molecule has 5 atom stereocenters. The summed E-state index contributed by atoms with van der Waals surface area (Å²) in [5.41, 5.74) is 6.21. The normalized spacial score (nSPS) is 26.8. The second kappa shape index (κ2) is 8.04. The number of halogens is 1. The Hall–Kier alpha value is -1.58. The van der Waals surface area contributed by atoms with Gasteiger partial charge in [0.05, 0.1) is 12.0 Å². The average molecular weight is 436 g/mol. The van der Waals surface area contributed by atoms with E-state index in [-0.39, 0.29) is 16.7 Å². The number of aliphatic hydroxyl groups excluding tert-OH is 1. The molecule has 3 rings (SSSR count). The van der Waals surface area contributed by atoms with Gasteiger partial charge in [-0.05, 0) is 6.42 Å². The van der Waals surface area contributed by atoms with Crippen molar-refractivity contribution in [3.63, 3.8) is 0 Å². The van der Waals surface area contributed by atoms with Crippen LogP contribution in [0.25, 0.3) is 11.0 Å². The third kappa shape index (κ3) is 4.21. The van der Waals surface area contributed by atoms with Gasteiger partial charge < -0.3 is 15.6 Å². The summed E-state index contributed by atoms with van der Waals surface area (Å²) in [6.07, 6.45) is -4.09. The minimum absolute atomic E-state index is 0.185. The molecule has 0 aromatic carbocycles. The molecule has 11 nitrogen and oxygen atoms in total. The average Bonchev–Trinajstić information content (AvgIpc) is 3.12. The number of thioether (sulfide) groups is 1. The van der Waals surface area contributed by atoms with Gasteiger partial charge in [0.2, 0.25) is 0 Å². The van der Waals surface area contributed by atoms with Gasteiger partial charge in [0.25, 0.3) is 0 Å². The van der Waals surface area contributed by atoms with Crippen LogP contribution < -0.4 is 10.9 Å². The molecule has 28 heavy (non-hydrogen) atoms. The van der Waals surface area contributed by atoms with Crippen molar-refractivity contribution in [1.82, 2.24) is 19.7 Å². The maximum Gasteiger partial charge on any atom is 0.333 e. The molecule has 14 heteroatoms. The summed E-state index contributed by atoms with van der Waals surface area (Å²) in [6.45, 7) is 3.38. The van der Waals surface area contributed by atoms with Crippen molar-refractivity contribution in [2.75, 3.05) is 12.3 Å². The molecule has 2 aromatic rings. The van der Waals surface area contributed by atoms with Crippen LogP contribution in [0, 0.1) is 0 Å². The number of nitrogens with zero attached hydrogens (tertiary/aromatic N) is 4. The lowest BCUT2D eigenvalue weighted by atomic mass is 10.1. The standard InChI is InChI=1S/C14H21FN6O5S2/c1-3-6(2)27-13-8-11(16)18-5-19-12(8)21(20-13)14-9(15)10(22)7(26-14)4-25-28(17,23)24/h5-7,9-10,14,22H,3-4H2,1-2H3,(H2,16,18,19)(H2,17,23,24)/t6-,7+,9-,10+,14+/m0/s1. The van der Waals surface area contributed by atoms with Crippen LogP contribution in [0.1, 0.15) is 26.5 Å². The Morgan fingerprint density at radius 3 is 2.86 bits per heavy atom. The molecule has 5 N–H and O–H groups in total. The molecule has 0 aliphatic carbocycles. The van der Waals surface area contributed by atoms with E-state index >= 15 is 0 Å². The number of aliphatic hydroxyl groups is 1. The smallest absolute Gasteiger partial charge is 0.333 e. The topological polar surface area (TPSA) is 168 Å². The Kier molecular flexibility index (Phi) is 6.07. The van der Waals surface area contributed by atoms with E-state index in [4.69, 9.17) is 15.6 Å². The van der Waals surface area contributed by atoms with Crippen molar-refractivity contribution in [1.29, 1.82) is 0 Å². The Labute approximate surface area is 164 Å². The summed E-state index contributed by atoms with van der Waals surface area (Å²) in [7, 11) is -4.26. The van der Waals surface area contributed by atoms with E-state index in [0.29, 0.717) is 10.4 Å². The number of anilines is 1. The van der Waals surface area contributed by atoms with Crippen molar-refractivity contribution in [2.24, 2.45) is 5.14 Å². The number of alkyl halides is 1. The molecule has 0 unspecified atom stereocenters. The van der Waals surface area contributed by atoms with Crippen LogP contribution in [-0.4, -0.2) is 63.5 Å². The highest BCUT2D eigenvalue weighted by atomic mass is 32.2. The minimum atomic E-state index is -4.26. The zero-order valence-electron chi connectivity index (χ0n) is 15.1. The van der Waals surface area contributed by atoms with Crippen molar-refractivity contribution >= 4 is 38.9 Å². The fourth-order valence-electron chi connectivity index (χ4n) is 2.70. The van der Waals surface area contributed by atoms with Gasteiger partial charge in [-0.3, -0.25) is 4.18 Å².